The Morgan fingerprint density at radius 3 is 2.37 bits per heavy atom. The summed E-state index contributed by atoms with van der Waals surface area (Å²) in [6.45, 7) is 8.31. The topological polar surface area (TPSA) is 151 Å². The second-order valence-electron chi connectivity index (χ2n) is 13.8. The molecular formula is C37H46O9. The summed E-state index contributed by atoms with van der Waals surface area (Å²) >= 11 is 0. The molecule has 4 aliphatic rings. The Hall–Kier alpha value is -3.37. The highest BCUT2D eigenvalue weighted by Crippen LogP contribution is 2.77. The van der Waals surface area contributed by atoms with E-state index in [4.69, 9.17) is 9.47 Å². The number of allylic oxidation sites excluding steroid dienone is 3. The molecule has 1 aromatic rings. The van der Waals surface area contributed by atoms with Crippen molar-refractivity contribution in [3.63, 3.8) is 0 Å². The Labute approximate surface area is 270 Å². The minimum atomic E-state index is -2.46. The van der Waals surface area contributed by atoms with Crippen molar-refractivity contribution in [1.29, 1.82) is 0 Å². The first-order valence-electron chi connectivity index (χ1n) is 16.2. The SMILES string of the molecule is CCCC/C=C/C=C/CC(=O)O[C@@]12[C@H](OC(=O)c3ccccc3)[C@@H](C)[C@]3(O)[C@@H]4C=C(C)C(=O)[C@@]4(O)[C@H](O)C(CO)=C[C@H]3[C@@H]1C2(C)C. The Bertz CT molecular complexity index is 1490. The number of ketones is 1. The Morgan fingerprint density at radius 1 is 1.04 bits per heavy atom. The predicted octanol–water partition coefficient (Wildman–Crippen LogP) is 4.01. The highest BCUT2D eigenvalue weighted by molar-refractivity contribution is 6.05. The van der Waals surface area contributed by atoms with Crippen molar-refractivity contribution < 1.29 is 44.3 Å². The van der Waals surface area contributed by atoms with Crippen LogP contribution in [0.2, 0.25) is 0 Å². The number of benzene rings is 1. The Balaban J connectivity index is 1.59. The average Bonchev–Trinajstić information content (AvgIpc) is 3.44. The molecule has 0 radical (unpaired) electrons. The third kappa shape index (κ3) is 4.94. The van der Waals surface area contributed by atoms with Crippen LogP contribution in [-0.2, 0) is 19.1 Å². The normalized spacial score (nSPS) is 37.5. The number of hydrogen-bond donors (Lipinski definition) is 4. The van der Waals surface area contributed by atoms with Crippen LogP contribution in [0.25, 0.3) is 0 Å². The number of rotatable bonds is 10. The van der Waals surface area contributed by atoms with E-state index in [0.29, 0.717) is 0 Å². The van der Waals surface area contributed by atoms with Crippen molar-refractivity contribution >= 4 is 17.7 Å². The van der Waals surface area contributed by atoms with Gasteiger partial charge in [-0.3, -0.25) is 9.59 Å². The van der Waals surface area contributed by atoms with Gasteiger partial charge >= 0.3 is 11.9 Å². The minimum Gasteiger partial charge on any atom is -0.454 e. The van der Waals surface area contributed by atoms with Crippen LogP contribution in [0.15, 0.2) is 77.9 Å². The van der Waals surface area contributed by atoms with Gasteiger partial charge < -0.3 is 29.9 Å². The van der Waals surface area contributed by atoms with Gasteiger partial charge in [0.1, 0.15) is 12.2 Å². The molecule has 5 rings (SSSR count). The maximum Gasteiger partial charge on any atom is 0.338 e. The molecule has 9 atom stereocenters. The van der Waals surface area contributed by atoms with Crippen LogP contribution in [0.3, 0.4) is 0 Å². The number of aliphatic hydroxyl groups is 4. The largest absolute Gasteiger partial charge is 0.454 e. The number of unbranched alkanes of at least 4 members (excludes halogenated alkanes) is 2. The summed E-state index contributed by atoms with van der Waals surface area (Å²) in [7, 11) is 0. The number of carbonyl (C=O) groups excluding carboxylic acids is 3. The lowest BCUT2D eigenvalue weighted by atomic mass is 9.58. The monoisotopic (exact) mass is 634 g/mol. The molecule has 0 aromatic heterocycles. The molecule has 0 amide bonds. The summed E-state index contributed by atoms with van der Waals surface area (Å²) in [6, 6.07) is 8.34. The van der Waals surface area contributed by atoms with Crippen molar-refractivity contribution in [2.75, 3.05) is 6.61 Å². The van der Waals surface area contributed by atoms with Crippen LogP contribution >= 0.6 is 0 Å². The minimum absolute atomic E-state index is 0.0162. The molecule has 9 heteroatoms. The maximum absolute atomic E-state index is 13.6. The number of carbonyl (C=O) groups is 3. The molecule has 1 aromatic carbocycles. The van der Waals surface area contributed by atoms with E-state index in [0.717, 1.165) is 19.3 Å². The number of fused-ring (bicyclic) bond motifs is 5. The maximum atomic E-state index is 13.6. The number of esters is 2. The summed E-state index contributed by atoms with van der Waals surface area (Å²) in [5, 5.41) is 46.5. The van der Waals surface area contributed by atoms with Crippen molar-refractivity contribution in [2.24, 2.45) is 29.1 Å². The quantitative estimate of drug-likeness (QED) is 0.130. The first-order chi connectivity index (χ1) is 21.7. The van der Waals surface area contributed by atoms with Gasteiger partial charge in [-0.15, -0.1) is 0 Å². The van der Waals surface area contributed by atoms with Gasteiger partial charge in [-0.05, 0) is 36.6 Å². The van der Waals surface area contributed by atoms with Crippen LogP contribution in [0, 0.1) is 29.1 Å². The Morgan fingerprint density at radius 2 is 1.72 bits per heavy atom. The first kappa shape index (κ1) is 34.0. The average molecular weight is 635 g/mol. The lowest BCUT2D eigenvalue weighted by molar-refractivity contribution is -0.225. The molecule has 248 valence electrons. The highest BCUT2D eigenvalue weighted by atomic mass is 16.6. The standard InChI is InChI=1S/C37H46O9/c1-6-7-8-9-10-11-15-18-28(39)46-37-29(34(37,4)5)26-20-25(21-38)31(41)36(44)27(19-22(2)30(36)40)35(26,43)23(3)32(37)45-33(42)24-16-13-12-14-17-24/h9-17,19-20,23,26-27,29,31-32,38,41,43-44H,6-8,18,21H2,1-5H3/b10-9+,15-11+/t23-,26+,27+,29-,31-,32-,35-,36-,37-/m1/s1. The fourth-order valence-corrected chi connectivity index (χ4v) is 8.56. The van der Waals surface area contributed by atoms with Gasteiger partial charge in [-0.2, -0.15) is 0 Å². The van der Waals surface area contributed by atoms with E-state index in [1.165, 1.54) is 19.1 Å². The zero-order valence-electron chi connectivity index (χ0n) is 27.2. The van der Waals surface area contributed by atoms with Gasteiger partial charge in [0.2, 0.25) is 0 Å². The predicted molar refractivity (Wildman–Crippen MR) is 170 cm³/mol. The summed E-state index contributed by atoms with van der Waals surface area (Å²) in [4.78, 5) is 40.5. The van der Waals surface area contributed by atoms with Gasteiger partial charge in [-0.1, -0.05) is 95.2 Å². The number of aliphatic hydroxyl groups excluding tert-OH is 2. The molecule has 0 unspecified atom stereocenters. The summed E-state index contributed by atoms with van der Waals surface area (Å²) < 4.78 is 12.5. The third-order valence-electron chi connectivity index (χ3n) is 11.0. The molecule has 0 aliphatic heterocycles. The summed E-state index contributed by atoms with van der Waals surface area (Å²) in [5.41, 5.74) is -6.28. The highest BCUT2D eigenvalue weighted by Gasteiger charge is 2.88. The second-order valence-corrected chi connectivity index (χ2v) is 13.8. The molecule has 4 aliphatic carbocycles. The van der Waals surface area contributed by atoms with Crippen molar-refractivity contribution in [3.05, 3.63) is 83.5 Å². The van der Waals surface area contributed by atoms with Gasteiger partial charge in [0.25, 0.3) is 0 Å². The molecule has 0 saturated heterocycles. The summed E-state index contributed by atoms with van der Waals surface area (Å²) in [6.07, 6.45) is 10.4. The van der Waals surface area contributed by atoms with Crippen molar-refractivity contribution in [2.45, 2.75) is 89.3 Å². The molecule has 9 nitrogen and oxygen atoms in total. The Kier molecular flexibility index (Phi) is 9.11. The van der Waals surface area contributed by atoms with E-state index in [2.05, 4.69) is 6.92 Å². The van der Waals surface area contributed by atoms with Gasteiger partial charge in [-0.25, -0.2) is 4.79 Å². The van der Waals surface area contributed by atoms with E-state index in [9.17, 15) is 34.8 Å². The fourth-order valence-electron chi connectivity index (χ4n) is 8.56. The smallest absolute Gasteiger partial charge is 0.338 e. The van der Waals surface area contributed by atoms with Crippen LogP contribution in [0.4, 0.5) is 0 Å². The third-order valence-corrected chi connectivity index (χ3v) is 11.0. The zero-order chi connectivity index (χ0) is 33.7. The van der Waals surface area contributed by atoms with Crippen LogP contribution in [0.5, 0.6) is 0 Å². The fraction of sp³-hybridized carbons (Fsp3) is 0.541. The molecule has 0 bridgehead atoms. The van der Waals surface area contributed by atoms with Gasteiger partial charge in [0.05, 0.1) is 24.2 Å². The molecule has 2 fully saturated rings. The molecule has 46 heavy (non-hydrogen) atoms. The number of Topliss-reactive ketones (excluding diaryl/α,β-unsaturated/α-hetero) is 1. The van der Waals surface area contributed by atoms with E-state index >= 15 is 0 Å². The molecule has 4 N–H and O–H groups in total. The number of ether oxygens (including phenoxy) is 2. The van der Waals surface area contributed by atoms with Crippen LogP contribution in [-0.4, -0.2) is 73.8 Å². The zero-order valence-corrected chi connectivity index (χ0v) is 27.2. The van der Waals surface area contributed by atoms with Crippen LogP contribution in [0.1, 0.15) is 70.7 Å². The van der Waals surface area contributed by atoms with Crippen LogP contribution < -0.4 is 0 Å². The van der Waals surface area contributed by atoms with Gasteiger partial charge in [0.15, 0.2) is 17.0 Å². The summed E-state index contributed by atoms with van der Waals surface area (Å²) in [5.74, 6) is -5.88. The lowest BCUT2D eigenvalue weighted by Crippen LogP contribution is -2.67. The molecule has 0 heterocycles. The molecule has 0 spiro atoms. The lowest BCUT2D eigenvalue weighted by Gasteiger charge is -2.53. The molecular weight excluding hydrogens is 588 g/mol. The van der Waals surface area contributed by atoms with Crippen molar-refractivity contribution in [3.8, 4) is 0 Å². The van der Waals surface area contributed by atoms with Gasteiger partial charge in [0, 0.05) is 29.1 Å². The van der Waals surface area contributed by atoms with E-state index in [1.807, 2.05) is 26.0 Å². The second kappa shape index (κ2) is 12.3. The molecule has 2 saturated carbocycles. The number of hydrogen-bond acceptors (Lipinski definition) is 9. The van der Waals surface area contributed by atoms with E-state index in [-0.39, 0.29) is 23.1 Å². The van der Waals surface area contributed by atoms with Crippen molar-refractivity contribution in [1.82, 2.24) is 0 Å². The van der Waals surface area contributed by atoms with E-state index in [1.54, 1.807) is 49.4 Å². The first-order valence-corrected chi connectivity index (χ1v) is 16.2. The van der Waals surface area contributed by atoms with E-state index < -0.39 is 82.4 Å².